The third-order valence-corrected chi connectivity index (χ3v) is 4.01. The summed E-state index contributed by atoms with van der Waals surface area (Å²) < 4.78 is 27.0. The molecule has 1 unspecified atom stereocenters. The zero-order valence-electron chi connectivity index (χ0n) is 14.5. The fourth-order valence-electron chi connectivity index (χ4n) is 2.38. The van der Waals surface area contributed by atoms with Crippen LogP contribution in [0.15, 0.2) is 36.4 Å². The summed E-state index contributed by atoms with van der Waals surface area (Å²) in [4.78, 5) is 12.1. The Balaban J connectivity index is 0.00000312. The number of amides is 1. The minimum Gasteiger partial charge on any atom is -0.350 e. The molecule has 2 rings (SSSR count). The zero-order valence-corrected chi connectivity index (χ0v) is 15.3. The highest BCUT2D eigenvalue weighted by Crippen LogP contribution is 2.18. The summed E-state index contributed by atoms with van der Waals surface area (Å²) in [6, 6.07) is 9.37. The van der Waals surface area contributed by atoms with Crippen LogP contribution in [0.2, 0.25) is 0 Å². The van der Waals surface area contributed by atoms with Crippen molar-refractivity contribution >= 4 is 18.3 Å². The van der Waals surface area contributed by atoms with Crippen LogP contribution in [-0.4, -0.2) is 12.5 Å². The molecule has 0 saturated heterocycles. The fraction of sp³-hybridized carbons (Fsp3) is 0.316. The molecule has 136 valence electrons. The first kappa shape index (κ1) is 21.1. The Labute approximate surface area is 153 Å². The third kappa shape index (κ3) is 5.25. The molecule has 0 fully saturated rings. The maximum Gasteiger partial charge on any atom is 0.254 e. The van der Waals surface area contributed by atoms with Crippen LogP contribution in [0.3, 0.4) is 0 Å². The molecule has 0 aliphatic carbocycles. The van der Waals surface area contributed by atoms with Crippen molar-refractivity contribution < 1.29 is 13.6 Å². The van der Waals surface area contributed by atoms with Gasteiger partial charge in [-0.2, -0.15) is 0 Å². The lowest BCUT2D eigenvalue weighted by Crippen LogP contribution is -2.32. The Morgan fingerprint density at radius 1 is 1.08 bits per heavy atom. The molecule has 0 aliphatic heterocycles. The standard InChI is InChI=1S/C19H22F2N2O.ClH/c1-11(2)13-4-6-14(7-5-13)18(22)10-23-19(24)15-8-12(3)16(20)9-17(15)21;/h4-9,11,18H,10,22H2,1-3H3,(H,23,24);1H. The van der Waals surface area contributed by atoms with Gasteiger partial charge in [0.05, 0.1) is 5.56 Å². The predicted molar refractivity (Wildman–Crippen MR) is 98.1 cm³/mol. The highest BCUT2D eigenvalue weighted by atomic mass is 35.5. The molecule has 3 nitrogen and oxygen atoms in total. The molecular weight excluding hydrogens is 346 g/mol. The van der Waals surface area contributed by atoms with E-state index in [2.05, 4.69) is 19.2 Å². The lowest BCUT2D eigenvalue weighted by molar-refractivity contribution is 0.0947. The Morgan fingerprint density at radius 3 is 2.20 bits per heavy atom. The van der Waals surface area contributed by atoms with E-state index in [-0.39, 0.29) is 30.1 Å². The van der Waals surface area contributed by atoms with Crippen LogP contribution in [0.25, 0.3) is 0 Å². The number of hydrogen-bond donors (Lipinski definition) is 2. The molecule has 0 aromatic heterocycles. The number of carbonyl (C=O) groups excluding carboxylic acids is 1. The monoisotopic (exact) mass is 368 g/mol. The van der Waals surface area contributed by atoms with Crippen LogP contribution in [0.4, 0.5) is 8.78 Å². The first-order valence-electron chi connectivity index (χ1n) is 7.89. The predicted octanol–water partition coefficient (Wildman–Crippen LogP) is 4.25. The van der Waals surface area contributed by atoms with E-state index in [4.69, 9.17) is 5.73 Å². The van der Waals surface area contributed by atoms with Crippen LogP contribution >= 0.6 is 12.4 Å². The first-order valence-corrected chi connectivity index (χ1v) is 7.89. The van der Waals surface area contributed by atoms with Gasteiger partial charge in [-0.25, -0.2) is 8.78 Å². The van der Waals surface area contributed by atoms with Crippen molar-refractivity contribution in [3.63, 3.8) is 0 Å². The van der Waals surface area contributed by atoms with E-state index in [1.165, 1.54) is 18.6 Å². The van der Waals surface area contributed by atoms with Crippen molar-refractivity contribution in [2.24, 2.45) is 5.73 Å². The van der Waals surface area contributed by atoms with Crippen LogP contribution in [0, 0.1) is 18.6 Å². The van der Waals surface area contributed by atoms with E-state index in [0.29, 0.717) is 5.92 Å². The molecule has 0 aliphatic rings. The maximum absolute atomic E-state index is 13.7. The van der Waals surface area contributed by atoms with Crippen LogP contribution in [-0.2, 0) is 0 Å². The van der Waals surface area contributed by atoms with E-state index in [1.807, 2.05) is 24.3 Å². The Bertz CT molecular complexity index is 733. The van der Waals surface area contributed by atoms with Gasteiger partial charge in [-0.1, -0.05) is 38.1 Å². The second-order valence-electron chi connectivity index (χ2n) is 6.22. The van der Waals surface area contributed by atoms with E-state index in [0.717, 1.165) is 11.6 Å². The van der Waals surface area contributed by atoms with Gasteiger partial charge in [-0.15, -0.1) is 12.4 Å². The molecule has 0 saturated carbocycles. The minimum atomic E-state index is -0.884. The van der Waals surface area contributed by atoms with Crippen molar-refractivity contribution in [1.29, 1.82) is 0 Å². The molecule has 3 N–H and O–H groups in total. The minimum absolute atomic E-state index is 0. The smallest absolute Gasteiger partial charge is 0.254 e. The van der Waals surface area contributed by atoms with Crippen LogP contribution < -0.4 is 11.1 Å². The summed E-state index contributed by atoms with van der Waals surface area (Å²) in [5.41, 5.74) is 8.20. The van der Waals surface area contributed by atoms with Gasteiger partial charge in [0.1, 0.15) is 11.6 Å². The summed E-state index contributed by atoms with van der Waals surface area (Å²) in [7, 11) is 0. The van der Waals surface area contributed by atoms with Crippen molar-refractivity contribution in [2.45, 2.75) is 32.7 Å². The number of halogens is 3. The van der Waals surface area contributed by atoms with E-state index < -0.39 is 23.6 Å². The number of rotatable bonds is 5. The largest absolute Gasteiger partial charge is 0.350 e. The Hall–Kier alpha value is -1.98. The van der Waals surface area contributed by atoms with Gasteiger partial charge in [-0.05, 0) is 35.6 Å². The Morgan fingerprint density at radius 2 is 1.64 bits per heavy atom. The number of nitrogens with two attached hydrogens (primary N) is 1. The molecule has 0 heterocycles. The van der Waals surface area contributed by atoms with Crippen molar-refractivity contribution in [3.05, 3.63) is 70.3 Å². The maximum atomic E-state index is 13.7. The summed E-state index contributed by atoms with van der Waals surface area (Å²) in [5.74, 6) is -1.74. The van der Waals surface area contributed by atoms with Gasteiger partial charge in [0.2, 0.25) is 0 Å². The van der Waals surface area contributed by atoms with Crippen molar-refractivity contribution in [1.82, 2.24) is 5.32 Å². The average Bonchev–Trinajstić information content (AvgIpc) is 2.55. The summed E-state index contributed by atoms with van der Waals surface area (Å²) >= 11 is 0. The van der Waals surface area contributed by atoms with Crippen molar-refractivity contribution in [3.8, 4) is 0 Å². The highest BCUT2D eigenvalue weighted by molar-refractivity contribution is 5.94. The SMILES string of the molecule is Cc1cc(C(=O)NCC(N)c2ccc(C(C)C)cc2)c(F)cc1F.Cl. The number of carbonyl (C=O) groups is 1. The lowest BCUT2D eigenvalue weighted by atomic mass is 9.99. The van der Waals surface area contributed by atoms with Gasteiger partial charge in [0.25, 0.3) is 5.91 Å². The molecule has 2 aromatic carbocycles. The molecule has 0 radical (unpaired) electrons. The molecular formula is C19H23ClF2N2O. The van der Waals surface area contributed by atoms with Gasteiger partial charge in [-0.3, -0.25) is 4.79 Å². The lowest BCUT2D eigenvalue weighted by Gasteiger charge is -2.15. The average molecular weight is 369 g/mol. The molecule has 0 bridgehead atoms. The molecule has 6 heteroatoms. The van der Waals surface area contributed by atoms with Gasteiger partial charge in [0.15, 0.2) is 0 Å². The second-order valence-corrected chi connectivity index (χ2v) is 6.22. The van der Waals surface area contributed by atoms with Crippen LogP contribution in [0.5, 0.6) is 0 Å². The molecule has 25 heavy (non-hydrogen) atoms. The third-order valence-electron chi connectivity index (χ3n) is 4.01. The topological polar surface area (TPSA) is 55.1 Å². The fourth-order valence-corrected chi connectivity index (χ4v) is 2.38. The zero-order chi connectivity index (χ0) is 17.9. The molecule has 2 aromatic rings. The number of benzene rings is 2. The van der Waals surface area contributed by atoms with Gasteiger partial charge >= 0.3 is 0 Å². The number of nitrogens with one attached hydrogen (secondary N) is 1. The molecule has 1 amide bonds. The van der Waals surface area contributed by atoms with Crippen molar-refractivity contribution in [2.75, 3.05) is 6.54 Å². The van der Waals surface area contributed by atoms with Crippen LogP contribution in [0.1, 0.15) is 52.9 Å². The van der Waals surface area contributed by atoms with Gasteiger partial charge in [0, 0.05) is 18.7 Å². The molecule has 1 atom stereocenters. The van der Waals surface area contributed by atoms with E-state index >= 15 is 0 Å². The van der Waals surface area contributed by atoms with E-state index in [1.54, 1.807) is 0 Å². The number of aryl methyl sites for hydroxylation is 1. The van der Waals surface area contributed by atoms with Gasteiger partial charge < -0.3 is 11.1 Å². The summed E-state index contributed by atoms with van der Waals surface area (Å²) in [6.45, 7) is 5.85. The Kier molecular flexibility index (Phi) is 7.52. The summed E-state index contributed by atoms with van der Waals surface area (Å²) in [5, 5.41) is 2.60. The quantitative estimate of drug-likeness (QED) is 0.829. The second kappa shape index (κ2) is 8.92. The summed E-state index contributed by atoms with van der Waals surface area (Å²) in [6.07, 6.45) is 0. The highest BCUT2D eigenvalue weighted by Gasteiger charge is 2.16. The normalized spacial score (nSPS) is 11.8. The first-order chi connectivity index (χ1) is 11.3. The van der Waals surface area contributed by atoms with E-state index in [9.17, 15) is 13.6 Å². The molecule has 0 spiro atoms. The number of hydrogen-bond acceptors (Lipinski definition) is 2.